The highest BCUT2D eigenvalue weighted by atomic mass is 32.1. The summed E-state index contributed by atoms with van der Waals surface area (Å²) in [5.74, 6) is -0.856. The van der Waals surface area contributed by atoms with Gasteiger partial charge >= 0.3 is 12.6 Å². The molecule has 6 nitrogen and oxygen atoms in total. The van der Waals surface area contributed by atoms with E-state index in [0.717, 1.165) is 4.88 Å². The summed E-state index contributed by atoms with van der Waals surface area (Å²) in [5.41, 5.74) is -2.46. The minimum Gasteiger partial charge on any atom is -0.481 e. The number of hydrogen-bond acceptors (Lipinski definition) is 6. The number of benzene rings is 1. The zero-order valence-corrected chi connectivity index (χ0v) is 22.3. The van der Waals surface area contributed by atoms with Crippen molar-refractivity contribution in [2.75, 3.05) is 26.3 Å². The summed E-state index contributed by atoms with van der Waals surface area (Å²) in [6, 6.07) is 6.52. The van der Waals surface area contributed by atoms with E-state index in [0.29, 0.717) is 43.3 Å². The molecule has 2 fully saturated rings. The molecule has 2 atom stereocenters. The Morgan fingerprint density at radius 1 is 1.30 bits per heavy atom. The van der Waals surface area contributed by atoms with Crippen molar-refractivity contribution in [3.63, 3.8) is 0 Å². The normalized spacial score (nSPS) is 24.8. The van der Waals surface area contributed by atoms with Crippen molar-refractivity contribution in [3.05, 3.63) is 35.3 Å². The molecule has 4 rings (SSSR count). The number of rotatable bonds is 8. The zero-order chi connectivity index (χ0) is 26.8. The van der Waals surface area contributed by atoms with Crippen molar-refractivity contribution in [2.24, 2.45) is 16.7 Å². The van der Waals surface area contributed by atoms with Crippen LogP contribution in [0.3, 0.4) is 0 Å². The van der Waals surface area contributed by atoms with Crippen LogP contribution in [0.4, 0.5) is 13.2 Å². The molecule has 2 saturated heterocycles. The van der Waals surface area contributed by atoms with Crippen molar-refractivity contribution in [1.82, 2.24) is 9.88 Å². The number of aliphatic carboxylic acids is 1. The van der Waals surface area contributed by atoms with Crippen molar-refractivity contribution < 1.29 is 32.5 Å². The van der Waals surface area contributed by atoms with Crippen LogP contribution in [0.2, 0.25) is 0 Å². The van der Waals surface area contributed by atoms with Crippen LogP contribution < -0.4 is 4.74 Å². The summed E-state index contributed by atoms with van der Waals surface area (Å²) in [6.45, 7) is 5.31. The molecule has 2 aliphatic rings. The fraction of sp³-hybridized carbons (Fsp3) is 0.630. The van der Waals surface area contributed by atoms with Gasteiger partial charge in [0.25, 0.3) is 0 Å². The van der Waals surface area contributed by atoms with Gasteiger partial charge in [-0.2, -0.15) is 8.78 Å². The first-order valence-electron chi connectivity index (χ1n) is 12.6. The lowest BCUT2D eigenvalue weighted by Gasteiger charge is -2.50. The molecule has 204 valence electrons. The number of halogens is 3. The van der Waals surface area contributed by atoms with Gasteiger partial charge in [0.2, 0.25) is 0 Å². The molecule has 0 saturated carbocycles. The third-order valence-corrected chi connectivity index (χ3v) is 8.65. The van der Waals surface area contributed by atoms with Gasteiger partial charge in [0.15, 0.2) is 0 Å². The Hall–Kier alpha value is -2.17. The van der Waals surface area contributed by atoms with Crippen LogP contribution in [0, 0.1) is 16.7 Å². The number of ether oxygens (including phenoxy) is 2. The Morgan fingerprint density at radius 3 is 2.65 bits per heavy atom. The van der Waals surface area contributed by atoms with Crippen molar-refractivity contribution in [1.29, 1.82) is 0 Å². The van der Waals surface area contributed by atoms with Crippen LogP contribution in [0.1, 0.15) is 51.3 Å². The molecule has 0 aliphatic carbocycles. The van der Waals surface area contributed by atoms with Crippen molar-refractivity contribution in [2.45, 2.75) is 65.3 Å². The molecular formula is C27H35F3N2O4S. The summed E-state index contributed by atoms with van der Waals surface area (Å²) < 4.78 is 51.6. The van der Waals surface area contributed by atoms with Gasteiger partial charge in [-0.3, -0.25) is 9.69 Å². The summed E-state index contributed by atoms with van der Waals surface area (Å²) in [6.07, 6.45) is 2.49. The molecule has 2 aromatic rings. The fourth-order valence-electron chi connectivity index (χ4n) is 5.55. The first-order chi connectivity index (χ1) is 17.4. The van der Waals surface area contributed by atoms with E-state index in [4.69, 9.17) is 4.74 Å². The maximum atomic E-state index is 15.8. The van der Waals surface area contributed by atoms with E-state index in [-0.39, 0.29) is 42.9 Å². The third-order valence-electron chi connectivity index (χ3n) is 7.63. The Balaban J connectivity index is 1.59. The van der Waals surface area contributed by atoms with Crippen molar-refractivity contribution in [3.8, 4) is 16.3 Å². The van der Waals surface area contributed by atoms with E-state index in [1.54, 1.807) is 24.4 Å². The average molecular weight is 541 g/mol. The quantitative estimate of drug-likeness (QED) is 0.426. The van der Waals surface area contributed by atoms with E-state index in [1.807, 2.05) is 0 Å². The summed E-state index contributed by atoms with van der Waals surface area (Å²) in [7, 11) is 0. The standard InChI is InChI=1S/C27H35F3N2O4S/c1-25(2,3)18-12-26(23(33)34,16-27(30)8-10-35-11-9-27)17-32(14-18)15-19-13-31-22(37-19)20-6-4-5-7-21(20)36-24(28)29/h4-7,13,18,24H,8-12,14-17H2,1-3H3,(H,33,34)/t18-,26+/m1/s1. The van der Waals surface area contributed by atoms with Gasteiger partial charge < -0.3 is 14.6 Å². The number of piperidine rings is 1. The van der Waals surface area contributed by atoms with Crippen LogP contribution in [-0.2, 0) is 16.1 Å². The molecule has 3 heterocycles. The van der Waals surface area contributed by atoms with Gasteiger partial charge in [-0.15, -0.1) is 11.3 Å². The topological polar surface area (TPSA) is 71.9 Å². The number of carboxylic acids is 1. The van der Waals surface area contributed by atoms with Crippen LogP contribution in [-0.4, -0.2) is 59.5 Å². The predicted octanol–water partition coefficient (Wildman–Crippen LogP) is 6.26. The largest absolute Gasteiger partial charge is 0.481 e. The first-order valence-corrected chi connectivity index (χ1v) is 13.4. The van der Waals surface area contributed by atoms with E-state index in [2.05, 4.69) is 35.4 Å². The van der Waals surface area contributed by atoms with Crippen molar-refractivity contribution >= 4 is 17.3 Å². The molecule has 0 unspecified atom stereocenters. The van der Waals surface area contributed by atoms with Gasteiger partial charge in [-0.05, 0) is 36.3 Å². The lowest BCUT2D eigenvalue weighted by atomic mass is 9.63. The number of para-hydroxylation sites is 1. The number of hydrogen-bond donors (Lipinski definition) is 1. The SMILES string of the molecule is CC(C)(C)[C@H]1CN(Cc2cnc(-c3ccccc3OC(F)F)s2)C[C@](CC2(F)CCOCC2)(C(=O)O)C1. The van der Waals surface area contributed by atoms with Gasteiger partial charge in [-0.1, -0.05) is 32.9 Å². The Bertz CT molecular complexity index is 1080. The molecule has 0 spiro atoms. The Labute approximate surface area is 219 Å². The molecule has 2 aliphatic heterocycles. The monoisotopic (exact) mass is 540 g/mol. The maximum Gasteiger partial charge on any atom is 0.387 e. The zero-order valence-electron chi connectivity index (χ0n) is 21.5. The number of aromatic nitrogens is 1. The summed E-state index contributed by atoms with van der Waals surface area (Å²) in [4.78, 5) is 20.2. The number of alkyl halides is 3. The summed E-state index contributed by atoms with van der Waals surface area (Å²) in [5, 5.41) is 11.0. The second kappa shape index (κ2) is 10.9. The van der Waals surface area contributed by atoms with E-state index >= 15 is 4.39 Å². The van der Waals surface area contributed by atoms with Crippen LogP contribution in [0.15, 0.2) is 30.5 Å². The van der Waals surface area contributed by atoms with Gasteiger partial charge in [0.1, 0.15) is 16.4 Å². The van der Waals surface area contributed by atoms with Crippen LogP contribution >= 0.6 is 11.3 Å². The lowest BCUT2D eigenvalue weighted by Crippen LogP contribution is -2.56. The first kappa shape index (κ1) is 27.9. The second-order valence-corrected chi connectivity index (χ2v) is 12.6. The average Bonchev–Trinajstić information content (AvgIpc) is 3.26. The predicted molar refractivity (Wildman–Crippen MR) is 136 cm³/mol. The minimum absolute atomic E-state index is 0.0337. The highest BCUT2D eigenvalue weighted by Crippen LogP contribution is 2.48. The second-order valence-electron chi connectivity index (χ2n) is 11.5. The number of nitrogens with zero attached hydrogens (tertiary/aromatic N) is 2. The number of carbonyl (C=O) groups is 1. The number of likely N-dealkylation sites (tertiary alicyclic amines) is 1. The number of thiazole rings is 1. The highest BCUT2D eigenvalue weighted by Gasteiger charge is 2.53. The number of carboxylic acid groups (broad SMARTS) is 1. The van der Waals surface area contributed by atoms with Gasteiger partial charge in [0, 0.05) is 56.8 Å². The Morgan fingerprint density at radius 2 is 2.00 bits per heavy atom. The summed E-state index contributed by atoms with van der Waals surface area (Å²) >= 11 is 1.36. The molecule has 0 bridgehead atoms. The lowest BCUT2D eigenvalue weighted by molar-refractivity contribution is -0.162. The molecule has 0 amide bonds. The Kier molecular flexibility index (Phi) is 8.21. The van der Waals surface area contributed by atoms with E-state index in [9.17, 15) is 18.7 Å². The molecule has 0 radical (unpaired) electrons. The smallest absolute Gasteiger partial charge is 0.387 e. The molecule has 1 aromatic carbocycles. The fourth-order valence-corrected chi connectivity index (χ4v) is 6.54. The van der Waals surface area contributed by atoms with Crippen LogP contribution in [0.5, 0.6) is 5.75 Å². The van der Waals surface area contributed by atoms with Gasteiger partial charge in [0.05, 0.1) is 11.0 Å². The maximum absolute atomic E-state index is 15.8. The molecule has 10 heteroatoms. The third kappa shape index (κ3) is 6.64. The molecular weight excluding hydrogens is 505 g/mol. The molecule has 37 heavy (non-hydrogen) atoms. The van der Waals surface area contributed by atoms with E-state index in [1.165, 1.54) is 17.4 Å². The minimum atomic E-state index is -2.94. The molecule has 1 aromatic heterocycles. The highest BCUT2D eigenvalue weighted by molar-refractivity contribution is 7.15. The molecule has 1 N–H and O–H groups in total. The van der Waals surface area contributed by atoms with Gasteiger partial charge in [-0.25, -0.2) is 9.37 Å². The van der Waals surface area contributed by atoms with Crippen LogP contribution in [0.25, 0.3) is 10.6 Å². The van der Waals surface area contributed by atoms with E-state index < -0.39 is 23.7 Å².